The number of rotatable bonds is 4. The zero-order valence-corrected chi connectivity index (χ0v) is 19.3. The molecule has 0 bridgehead atoms. The highest BCUT2D eigenvalue weighted by atomic mass is 127. The number of para-hydroxylation sites is 1. The van der Waals surface area contributed by atoms with E-state index in [4.69, 9.17) is 0 Å². The lowest BCUT2D eigenvalue weighted by atomic mass is 10.1. The lowest BCUT2D eigenvalue weighted by Gasteiger charge is -2.27. The number of amides is 1. The summed E-state index contributed by atoms with van der Waals surface area (Å²) >= 11 is 0. The number of aryl methyl sites for hydroxylation is 1. The largest absolute Gasteiger partial charge is 1.00 e. The third-order valence-electron chi connectivity index (χ3n) is 5.80. The van der Waals surface area contributed by atoms with Gasteiger partial charge in [0.05, 0.1) is 0 Å². The Labute approximate surface area is 189 Å². The summed E-state index contributed by atoms with van der Waals surface area (Å²) in [6.45, 7) is 4.33. The van der Waals surface area contributed by atoms with E-state index >= 15 is 0 Å². The van der Waals surface area contributed by atoms with Crippen LogP contribution in [0.5, 0.6) is 0 Å². The van der Waals surface area contributed by atoms with Crippen LogP contribution in [0, 0.1) is 6.92 Å². The number of halogens is 1. The molecule has 1 aromatic carbocycles. The molecule has 1 fully saturated rings. The van der Waals surface area contributed by atoms with E-state index in [1.165, 1.54) is 17.4 Å². The van der Waals surface area contributed by atoms with Gasteiger partial charge in [0, 0.05) is 53.5 Å². The number of likely N-dealkylation sites (tertiary alicyclic amines) is 1. The Hall–Kier alpha value is -2.15. The molecule has 152 valence electrons. The van der Waals surface area contributed by atoms with Crippen LogP contribution in [0.15, 0.2) is 48.7 Å². The summed E-state index contributed by atoms with van der Waals surface area (Å²) in [5, 5.41) is 1.20. The molecule has 0 saturated carbocycles. The monoisotopic (exact) mass is 501 g/mol. The first-order chi connectivity index (χ1) is 13.6. The molecule has 0 spiro atoms. The van der Waals surface area contributed by atoms with E-state index in [1.54, 1.807) is 0 Å². The van der Waals surface area contributed by atoms with Crippen LogP contribution >= 0.6 is 0 Å². The Morgan fingerprint density at radius 3 is 2.52 bits per heavy atom. The van der Waals surface area contributed by atoms with Crippen molar-refractivity contribution in [1.29, 1.82) is 0 Å². The number of hydrogen-bond donors (Lipinski definition) is 0. The summed E-state index contributed by atoms with van der Waals surface area (Å²) in [6, 6.07) is 14.6. The molecule has 29 heavy (non-hydrogen) atoms. The quantitative estimate of drug-likeness (QED) is 0.387. The fourth-order valence-electron chi connectivity index (χ4n) is 4.13. The summed E-state index contributed by atoms with van der Waals surface area (Å²) in [6.07, 6.45) is 9.85. The van der Waals surface area contributed by atoms with Crippen molar-refractivity contribution in [3.8, 4) is 0 Å². The molecule has 1 aliphatic rings. The summed E-state index contributed by atoms with van der Waals surface area (Å²) in [5.74, 6) is 0.230. The maximum absolute atomic E-state index is 12.9. The van der Waals surface area contributed by atoms with Crippen molar-refractivity contribution < 1.29 is 33.3 Å². The third kappa shape index (κ3) is 4.55. The van der Waals surface area contributed by atoms with E-state index in [0.29, 0.717) is 6.54 Å². The SMILES string of the molecule is Cc1c(/C=C/c2cccc[n+]2C)c2ccccc2n1CC(=O)N1CCCCC1.[I-]. The molecule has 5 heteroatoms. The molecular weight excluding hydrogens is 473 g/mol. The summed E-state index contributed by atoms with van der Waals surface area (Å²) in [5.41, 5.74) is 4.60. The van der Waals surface area contributed by atoms with Gasteiger partial charge in [-0.15, -0.1) is 0 Å². The molecule has 1 amide bonds. The predicted molar refractivity (Wildman–Crippen MR) is 114 cm³/mol. The molecule has 0 radical (unpaired) electrons. The summed E-state index contributed by atoms with van der Waals surface area (Å²) < 4.78 is 4.28. The second-order valence-corrected chi connectivity index (χ2v) is 7.61. The number of carbonyl (C=O) groups excluding carboxylic acids is 1. The molecule has 1 aliphatic heterocycles. The van der Waals surface area contributed by atoms with Crippen molar-refractivity contribution in [2.24, 2.45) is 7.05 Å². The van der Waals surface area contributed by atoms with E-state index in [2.05, 4.69) is 52.5 Å². The Morgan fingerprint density at radius 2 is 1.76 bits per heavy atom. The van der Waals surface area contributed by atoms with Gasteiger partial charge in [0.25, 0.3) is 0 Å². The Bertz CT molecular complexity index is 1030. The molecule has 2 aromatic heterocycles. The van der Waals surface area contributed by atoms with Crippen LogP contribution in [-0.2, 0) is 18.4 Å². The number of carbonyl (C=O) groups is 1. The average Bonchev–Trinajstić information content (AvgIpc) is 2.99. The second kappa shape index (κ2) is 9.57. The van der Waals surface area contributed by atoms with Crippen LogP contribution in [0.1, 0.15) is 36.2 Å². The Morgan fingerprint density at radius 1 is 1.03 bits per heavy atom. The first kappa shape index (κ1) is 21.6. The fourth-order valence-corrected chi connectivity index (χ4v) is 4.13. The van der Waals surface area contributed by atoms with Crippen LogP contribution in [-0.4, -0.2) is 28.5 Å². The van der Waals surface area contributed by atoms with Crippen molar-refractivity contribution in [2.45, 2.75) is 32.7 Å². The van der Waals surface area contributed by atoms with Gasteiger partial charge < -0.3 is 33.4 Å². The fraction of sp³-hybridized carbons (Fsp3) is 0.333. The second-order valence-electron chi connectivity index (χ2n) is 7.61. The first-order valence-corrected chi connectivity index (χ1v) is 10.1. The molecule has 4 nitrogen and oxygen atoms in total. The minimum absolute atomic E-state index is 0. The number of hydrogen-bond acceptors (Lipinski definition) is 1. The van der Waals surface area contributed by atoms with Crippen LogP contribution in [0.3, 0.4) is 0 Å². The normalized spacial score (nSPS) is 14.3. The van der Waals surface area contributed by atoms with E-state index < -0.39 is 0 Å². The van der Waals surface area contributed by atoms with Crippen LogP contribution in [0.2, 0.25) is 0 Å². The van der Waals surface area contributed by atoms with Gasteiger partial charge in [0.2, 0.25) is 11.6 Å². The Balaban J connectivity index is 0.00000240. The lowest BCUT2D eigenvalue weighted by molar-refractivity contribution is -0.673. The molecule has 3 aromatic rings. The molecule has 1 saturated heterocycles. The average molecular weight is 501 g/mol. The number of benzene rings is 1. The van der Waals surface area contributed by atoms with Crippen molar-refractivity contribution in [3.63, 3.8) is 0 Å². The van der Waals surface area contributed by atoms with Gasteiger partial charge in [0.15, 0.2) is 6.20 Å². The Kier molecular flexibility index (Phi) is 7.11. The number of aromatic nitrogens is 2. The minimum Gasteiger partial charge on any atom is -1.00 e. The van der Waals surface area contributed by atoms with Crippen molar-refractivity contribution >= 4 is 29.0 Å². The maximum Gasteiger partial charge on any atom is 0.242 e. The predicted octanol–water partition coefficient (Wildman–Crippen LogP) is 0.961. The van der Waals surface area contributed by atoms with Gasteiger partial charge in [-0.1, -0.05) is 18.2 Å². The molecule has 0 unspecified atom stereocenters. The smallest absolute Gasteiger partial charge is 0.242 e. The van der Waals surface area contributed by atoms with Gasteiger partial charge in [-0.25, -0.2) is 4.57 Å². The zero-order chi connectivity index (χ0) is 19.5. The summed E-state index contributed by atoms with van der Waals surface area (Å²) in [7, 11) is 2.05. The van der Waals surface area contributed by atoms with Crippen LogP contribution in [0.4, 0.5) is 0 Å². The van der Waals surface area contributed by atoms with Gasteiger partial charge in [-0.05, 0) is 44.4 Å². The van der Waals surface area contributed by atoms with Crippen LogP contribution < -0.4 is 28.5 Å². The molecule has 3 heterocycles. The van der Waals surface area contributed by atoms with E-state index in [9.17, 15) is 4.79 Å². The molecular formula is C24H28IN3O. The highest BCUT2D eigenvalue weighted by Crippen LogP contribution is 2.28. The number of fused-ring (bicyclic) bond motifs is 1. The molecule has 0 N–H and O–H groups in total. The maximum atomic E-state index is 12.9. The topological polar surface area (TPSA) is 29.1 Å². The molecule has 0 atom stereocenters. The highest BCUT2D eigenvalue weighted by molar-refractivity contribution is 5.94. The number of pyridine rings is 1. The zero-order valence-electron chi connectivity index (χ0n) is 17.1. The van der Waals surface area contributed by atoms with E-state index in [0.717, 1.165) is 42.8 Å². The lowest BCUT2D eigenvalue weighted by Crippen LogP contribution is -3.00. The van der Waals surface area contributed by atoms with Gasteiger partial charge >= 0.3 is 0 Å². The van der Waals surface area contributed by atoms with E-state index in [1.807, 2.05) is 36.3 Å². The standard InChI is InChI=1S/C24H28N3O.HI/c1-19-21(14-13-20-10-6-9-15-25(20)2)22-11-4-5-12-23(22)27(19)18-24(28)26-16-7-3-8-17-26;/h4-6,9-15H,3,7-8,16-18H2,1-2H3;1H/q+1;/p-1. The number of nitrogens with zero attached hydrogens (tertiary/aromatic N) is 3. The first-order valence-electron chi connectivity index (χ1n) is 10.1. The molecule has 0 aliphatic carbocycles. The van der Waals surface area contributed by atoms with Gasteiger partial charge in [-0.2, -0.15) is 0 Å². The molecule has 4 rings (SSSR count). The summed E-state index contributed by atoms with van der Waals surface area (Å²) in [4.78, 5) is 14.9. The van der Waals surface area contributed by atoms with Crippen molar-refractivity contribution in [2.75, 3.05) is 13.1 Å². The van der Waals surface area contributed by atoms with Gasteiger partial charge in [0.1, 0.15) is 13.6 Å². The minimum atomic E-state index is 0. The van der Waals surface area contributed by atoms with Crippen LogP contribution in [0.25, 0.3) is 23.1 Å². The number of piperidine rings is 1. The van der Waals surface area contributed by atoms with Gasteiger partial charge in [-0.3, -0.25) is 4.79 Å². The third-order valence-corrected chi connectivity index (χ3v) is 5.80. The highest BCUT2D eigenvalue weighted by Gasteiger charge is 2.20. The van der Waals surface area contributed by atoms with Crippen molar-refractivity contribution in [3.05, 3.63) is 65.6 Å². The van der Waals surface area contributed by atoms with E-state index in [-0.39, 0.29) is 29.9 Å². The van der Waals surface area contributed by atoms with Crippen molar-refractivity contribution in [1.82, 2.24) is 9.47 Å².